The van der Waals surface area contributed by atoms with Gasteiger partial charge in [-0.05, 0) is 37.9 Å². The van der Waals surface area contributed by atoms with E-state index in [0.29, 0.717) is 13.1 Å². The summed E-state index contributed by atoms with van der Waals surface area (Å²) >= 11 is 0. The predicted molar refractivity (Wildman–Crippen MR) is 71.4 cm³/mol. The molecular weight excluding hydrogens is 228 g/mol. The van der Waals surface area contributed by atoms with Gasteiger partial charge in [0.15, 0.2) is 0 Å². The highest BCUT2D eigenvalue weighted by atomic mass is 16.5. The van der Waals surface area contributed by atoms with Gasteiger partial charge in [-0.25, -0.2) is 0 Å². The van der Waals surface area contributed by atoms with Crippen LogP contribution in [0.3, 0.4) is 0 Å². The van der Waals surface area contributed by atoms with E-state index in [1.54, 1.807) is 12.0 Å². The van der Waals surface area contributed by atoms with Crippen molar-refractivity contribution in [1.82, 2.24) is 9.80 Å². The zero-order chi connectivity index (χ0) is 13.2. The summed E-state index contributed by atoms with van der Waals surface area (Å²) in [6.45, 7) is 10.5. The Morgan fingerprint density at radius 2 is 2.06 bits per heavy atom. The van der Waals surface area contributed by atoms with Crippen LogP contribution in [-0.2, 0) is 9.53 Å². The van der Waals surface area contributed by atoms with Crippen LogP contribution in [-0.4, -0.2) is 61.1 Å². The molecule has 0 aromatic rings. The Labute approximate surface area is 110 Å². The number of carbonyl (C=O) groups excluding carboxylic acids is 1. The van der Waals surface area contributed by atoms with E-state index >= 15 is 0 Å². The fraction of sp³-hybridized carbons (Fsp3) is 0.786. The lowest BCUT2D eigenvalue weighted by molar-refractivity contribution is -0.162. The molecule has 1 amide bonds. The second-order valence-electron chi connectivity index (χ2n) is 5.74. The summed E-state index contributed by atoms with van der Waals surface area (Å²) in [6, 6.07) is 0. The molecule has 4 nitrogen and oxygen atoms in total. The highest BCUT2D eigenvalue weighted by molar-refractivity contribution is 5.87. The number of amides is 1. The molecule has 0 aromatic heterocycles. The summed E-state index contributed by atoms with van der Waals surface area (Å²) in [5.74, 6) is 0.856. The lowest BCUT2D eigenvalue weighted by Crippen LogP contribution is -2.68. The Kier molecular flexibility index (Phi) is 4.07. The molecule has 0 aliphatic carbocycles. The van der Waals surface area contributed by atoms with E-state index in [1.807, 2.05) is 0 Å². The molecule has 2 saturated heterocycles. The van der Waals surface area contributed by atoms with Crippen molar-refractivity contribution in [2.75, 3.05) is 39.8 Å². The predicted octanol–water partition coefficient (Wildman–Crippen LogP) is 1.13. The molecule has 2 rings (SSSR count). The molecule has 0 aromatic carbocycles. The fourth-order valence-corrected chi connectivity index (χ4v) is 2.86. The lowest BCUT2D eigenvalue weighted by Gasteiger charge is -2.51. The first kappa shape index (κ1) is 13.6. The van der Waals surface area contributed by atoms with Crippen LogP contribution >= 0.6 is 0 Å². The molecule has 2 heterocycles. The average molecular weight is 252 g/mol. The molecule has 4 heteroatoms. The van der Waals surface area contributed by atoms with Crippen molar-refractivity contribution in [1.29, 1.82) is 0 Å². The van der Waals surface area contributed by atoms with Gasteiger partial charge in [-0.2, -0.15) is 0 Å². The average Bonchev–Trinajstić information content (AvgIpc) is 2.35. The van der Waals surface area contributed by atoms with Crippen LogP contribution < -0.4 is 0 Å². The van der Waals surface area contributed by atoms with Crippen LogP contribution in [0.5, 0.6) is 0 Å². The van der Waals surface area contributed by atoms with Gasteiger partial charge in [-0.3, -0.25) is 4.79 Å². The smallest absolute Gasteiger partial charge is 0.246 e. The largest absolute Gasteiger partial charge is 0.373 e. The quantitative estimate of drug-likeness (QED) is 0.703. The number of ether oxygens (including phenoxy) is 1. The summed E-state index contributed by atoms with van der Waals surface area (Å²) in [5, 5.41) is 0. The van der Waals surface area contributed by atoms with Crippen LogP contribution in [0.15, 0.2) is 12.7 Å². The number of hydrogen-bond acceptors (Lipinski definition) is 3. The minimum atomic E-state index is -0.154. The monoisotopic (exact) mass is 252 g/mol. The van der Waals surface area contributed by atoms with E-state index in [-0.39, 0.29) is 11.5 Å². The van der Waals surface area contributed by atoms with Crippen molar-refractivity contribution in [3.8, 4) is 0 Å². The van der Waals surface area contributed by atoms with Gasteiger partial charge in [0.1, 0.15) is 5.60 Å². The van der Waals surface area contributed by atoms with Crippen molar-refractivity contribution < 1.29 is 9.53 Å². The molecule has 0 atom stereocenters. The van der Waals surface area contributed by atoms with Gasteiger partial charge in [0, 0.05) is 13.7 Å². The van der Waals surface area contributed by atoms with Crippen molar-refractivity contribution >= 4 is 5.91 Å². The van der Waals surface area contributed by atoms with Gasteiger partial charge in [0.2, 0.25) is 5.91 Å². The first-order valence-electron chi connectivity index (χ1n) is 6.77. The third-order valence-electron chi connectivity index (χ3n) is 4.27. The Balaban J connectivity index is 1.84. The lowest BCUT2D eigenvalue weighted by atomic mass is 9.91. The molecule has 2 fully saturated rings. The highest BCUT2D eigenvalue weighted by Crippen LogP contribution is 2.28. The van der Waals surface area contributed by atoms with Crippen LogP contribution in [0.4, 0.5) is 0 Å². The third kappa shape index (κ3) is 2.75. The van der Waals surface area contributed by atoms with Gasteiger partial charge >= 0.3 is 0 Å². The van der Waals surface area contributed by atoms with E-state index in [9.17, 15) is 4.79 Å². The Morgan fingerprint density at radius 3 is 2.56 bits per heavy atom. The van der Waals surface area contributed by atoms with Crippen molar-refractivity contribution in [3.63, 3.8) is 0 Å². The molecule has 2 aliphatic rings. The molecule has 0 bridgehead atoms. The summed E-state index contributed by atoms with van der Waals surface area (Å²) in [5.41, 5.74) is -0.154. The van der Waals surface area contributed by atoms with Crippen LogP contribution in [0.2, 0.25) is 0 Å². The van der Waals surface area contributed by atoms with Crippen molar-refractivity contribution in [2.45, 2.75) is 25.4 Å². The SMILES string of the molecule is C=CC(=O)N1CC(CN2CCC(C)CC2)(OC)C1. The Morgan fingerprint density at radius 1 is 1.44 bits per heavy atom. The zero-order valence-corrected chi connectivity index (χ0v) is 11.5. The normalized spacial score (nSPS) is 24.7. The zero-order valence-electron chi connectivity index (χ0n) is 11.5. The number of piperidine rings is 1. The van der Waals surface area contributed by atoms with Crippen molar-refractivity contribution in [3.05, 3.63) is 12.7 Å². The van der Waals surface area contributed by atoms with Gasteiger partial charge in [-0.1, -0.05) is 13.5 Å². The van der Waals surface area contributed by atoms with E-state index in [2.05, 4.69) is 18.4 Å². The van der Waals surface area contributed by atoms with Gasteiger partial charge in [-0.15, -0.1) is 0 Å². The van der Waals surface area contributed by atoms with E-state index in [0.717, 1.165) is 25.6 Å². The maximum absolute atomic E-state index is 11.5. The van der Waals surface area contributed by atoms with Gasteiger partial charge in [0.05, 0.1) is 13.1 Å². The van der Waals surface area contributed by atoms with Crippen LogP contribution in [0, 0.1) is 5.92 Å². The van der Waals surface area contributed by atoms with E-state index in [4.69, 9.17) is 4.74 Å². The topological polar surface area (TPSA) is 32.8 Å². The molecular formula is C14H24N2O2. The molecule has 0 saturated carbocycles. The fourth-order valence-electron chi connectivity index (χ4n) is 2.86. The summed E-state index contributed by atoms with van der Waals surface area (Å²) < 4.78 is 5.66. The highest BCUT2D eigenvalue weighted by Gasteiger charge is 2.46. The van der Waals surface area contributed by atoms with E-state index < -0.39 is 0 Å². The Hall–Kier alpha value is -0.870. The minimum absolute atomic E-state index is 0.00920. The third-order valence-corrected chi connectivity index (χ3v) is 4.27. The first-order chi connectivity index (χ1) is 8.58. The number of carbonyl (C=O) groups is 1. The maximum Gasteiger partial charge on any atom is 0.246 e. The molecule has 0 radical (unpaired) electrons. The van der Waals surface area contributed by atoms with Gasteiger partial charge in [0.25, 0.3) is 0 Å². The minimum Gasteiger partial charge on any atom is -0.373 e. The number of hydrogen-bond donors (Lipinski definition) is 0. The second kappa shape index (κ2) is 5.41. The molecule has 0 N–H and O–H groups in total. The first-order valence-corrected chi connectivity index (χ1v) is 6.77. The number of nitrogens with zero attached hydrogens (tertiary/aromatic N) is 2. The summed E-state index contributed by atoms with van der Waals surface area (Å²) in [6.07, 6.45) is 3.92. The number of methoxy groups -OCH3 is 1. The number of likely N-dealkylation sites (tertiary alicyclic amines) is 2. The van der Waals surface area contributed by atoms with Crippen LogP contribution in [0.25, 0.3) is 0 Å². The molecule has 18 heavy (non-hydrogen) atoms. The Bertz CT molecular complexity index is 316. The second-order valence-corrected chi connectivity index (χ2v) is 5.74. The summed E-state index contributed by atoms with van der Waals surface area (Å²) in [7, 11) is 1.75. The molecule has 0 unspecified atom stereocenters. The van der Waals surface area contributed by atoms with E-state index in [1.165, 1.54) is 18.9 Å². The maximum atomic E-state index is 11.5. The van der Waals surface area contributed by atoms with Crippen LogP contribution in [0.1, 0.15) is 19.8 Å². The number of rotatable bonds is 4. The molecule has 2 aliphatic heterocycles. The molecule has 0 spiro atoms. The molecule has 102 valence electrons. The van der Waals surface area contributed by atoms with Crippen molar-refractivity contribution in [2.24, 2.45) is 5.92 Å². The summed E-state index contributed by atoms with van der Waals surface area (Å²) in [4.78, 5) is 15.7. The van der Waals surface area contributed by atoms with Gasteiger partial charge < -0.3 is 14.5 Å². The standard InChI is InChI=1S/C14H24N2O2/c1-4-13(17)16-10-14(11-16,18-3)9-15-7-5-12(2)6-8-15/h4,12H,1,5-11H2,2-3H3.